The molecule has 108 valence electrons. The van der Waals surface area contributed by atoms with Gasteiger partial charge in [0.15, 0.2) is 0 Å². The fourth-order valence-corrected chi connectivity index (χ4v) is 3.19. The predicted molar refractivity (Wildman–Crippen MR) is 81.0 cm³/mol. The lowest BCUT2D eigenvalue weighted by atomic mass is 10.2. The van der Waals surface area contributed by atoms with Gasteiger partial charge in [0.25, 0.3) is 10.0 Å². The van der Waals surface area contributed by atoms with Crippen LogP contribution < -0.4 is 15.6 Å². The molecule has 0 amide bonds. The Morgan fingerprint density at radius 1 is 1.14 bits per heavy atom. The number of benzene rings is 2. The minimum Gasteiger partial charge on any atom is -0.323 e. The highest BCUT2D eigenvalue weighted by Gasteiger charge is 2.23. The second kappa shape index (κ2) is 5.83. The van der Waals surface area contributed by atoms with Crippen molar-refractivity contribution in [3.8, 4) is 6.07 Å². The van der Waals surface area contributed by atoms with Gasteiger partial charge in [-0.2, -0.15) is 5.26 Å². The summed E-state index contributed by atoms with van der Waals surface area (Å²) in [5.74, 6) is 5.36. The predicted octanol–water partition coefficient (Wildman–Crippen LogP) is 1.67. The number of anilines is 2. The first-order valence-electron chi connectivity index (χ1n) is 6.05. The van der Waals surface area contributed by atoms with Crippen LogP contribution in [-0.4, -0.2) is 15.5 Å². The number of sulfonamides is 1. The number of hydrogen-bond donors (Lipinski definition) is 2. The normalized spacial score (nSPS) is 10.7. The van der Waals surface area contributed by atoms with E-state index in [0.717, 1.165) is 4.31 Å². The first-order chi connectivity index (χ1) is 10.0. The molecule has 2 aromatic rings. The van der Waals surface area contributed by atoms with Gasteiger partial charge in [-0.15, -0.1) is 0 Å². The number of nitrogen functional groups attached to an aromatic ring is 1. The fraction of sp³-hybridized carbons (Fsp3) is 0.0714. The van der Waals surface area contributed by atoms with Crippen molar-refractivity contribution < 1.29 is 8.42 Å². The maximum Gasteiger partial charge on any atom is 0.266 e. The van der Waals surface area contributed by atoms with Crippen molar-refractivity contribution >= 4 is 21.4 Å². The Morgan fingerprint density at radius 2 is 1.76 bits per heavy atom. The van der Waals surface area contributed by atoms with Crippen LogP contribution in [0.25, 0.3) is 0 Å². The highest BCUT2D eigenvalue weighted by atomic mass is 32.2. The van der Waals surface area contributed by atoms with Crippen LogP contribution >= 0.6 is 0 Å². The number of nitrogens with zero attached hydrogens (tertiary/aromatic N) is 2. The average molecular weight is 302 g/mol. The van der Waals surface area contributed by atoms with Crippen molar-refractivity contribution in [2.75, 3.05) is 16.8 Å². The molecule has 0 radical (unpaired) electrons. The number of hydrazine groups is 1. The van der Waals surface area contributed by atoms with Gasteiger partial charge in [-0.3, -0.25) is 10.1 Å². The first-order valence-corrected chi connectivity index (χ1v) is 7.49. The second-order valence-electron chi connectivity index (χ2n) is 4.27. The summed E-state index contributed by atoms with van der Waals surface area (Å²) < 4.78 is 26.4. The van der Waals surface area contributed by atoms with Crippen LogP contribution in [0.5, 0.6) is 0 Å². The molecule has 0 heterocycles. The summed E-state index contributed by atoms with van der Waals surface area (Å²) in [6, 6.07) is 14.6. The monoisotopic (exact) mass is 302 g/mol. The Balaban J connectivity index is 2.45. The molecule has 0 atom stereocenters. The Kier molecular flexibility index (Phi) is 4.12. The maximum atomic E-state index is 12.6. The molecule has 0 saturated carbocycles. The molecule has 3 N–H and O–H groups in total. The van der Waals surface area contributed by atoms with Crippen LogP contribution in [0.2, 0.25) is 0 Å². The summed E-state index contributed by atoms with van der Waals surface area (Å²) in [6.07, 6.45) is 0. The fourth-order valence-electron chi connectivity index (χ4n) is 1.84. The van der Waals surface area contributed by atoms with E-state index in [1.807, 2.05) is 6.07 Å². The number of hydrogen-bond acceptors (Lipinski definition) is 5. The molecule has 0 aliphatic carbocycles. The van der Waals surface area contributed by atoms with Gasteiger partial charge in [0, 0.05) is 7.05 Å². The van der Waals surface area contributed by atoms with Gasteiger partial charge in [-0.05, 0) is 36.4 Å². The summed E-state index contributed by atoms with van der Waals surface area (Å²) in [7, 11) is -2.30. The number of nitrogens with two attached hydrogens (primary N) is 1. The molecule has 0 aliphatic heterocycles. The molecule has 0 bridgehead atoms. The zero-order valence-corrected chi connectivity index (χ0v) is 12.1. The SMILES string of the molecule is CN(c1ccc(C#N)cc1)S(=O)(=O)c1ccccc1NN. The molecule has 0 aliphatic rings. The molecule has 2 aromatic carbocycles. The van der Waals surface area contributed by atoms with Crippen molar-refractivity contribution in [1.29, 1.82) is 5.26 Å². The van der Waals surface area contributed by atoms with E-state index >= 15 is 0 Å². The number of nitriles is 1. The van der Waals surface area contributed by atoms with Crippen LogP contribution in [0.3, 0.4) is 0 Å². The van der Waals surface area contributed by atoms with E-state index in [-0.39, 0.29) is 4.90 Å². The molecule has 0 fully saturated rings. The van der Waals surface area contributed by atoms with Crippen molar-refractivity contribution in [2.24, 2.45) is 5.84 Å². The van der Waals surface area contributed by atoms with Crippen LogP contribution in [0.4, 0.5) is 11.4 Å². The minimum absolute atomic E-state index is 0.0827. The maximum absolute atomic E-state index is 12.6. The molecule has 6 nitrogen and oxygen atoms in total. The number of rotatable bonds is 4. The molecule has 0 unspecified atom stereocenters. The van der Waals surface area contributed by atoms with Crippen LogP contribution in [0.15, 0.2) is 53.4 Å². The van der Waals surface area contributed by atoms with E-state index in [1.54, 1.807) is 42.5 Å². The molecule has 21 heavy (non-hydrogen) atoms. The molecular formula is C14H14N4O2S. The van der Waals surface area contributed by atoms with Crippen molar-refractivity contribution in [3.63, 3.8) is 0 Å². The Morgan fingerprint density at radius 3 is 2.33 bits per heavy atom. The van der Waals surface area contributed by atoms with E-state index in [4.69, 9.17) is 11.1 Å². The van der Waals surface area contributed by atoms with Crippen molar-refractivity contribution in [1.82, 2.24) is 0 Å². The van der Waals surface area contributed by atoms with Gasteiger partial charge < -0.3 is 5.43 Å². The third-order valence-corrected chi connectivity index (χ3v) is 4.88. The lowest BCUT2D eigenvalue weighted by molar-refractivity contribution is 0.594. The van der Waals surface area contributed by atoms with E-state index < -0.39 is 10.0 Å². The number of nitrogens with one attached hydrogen (secondary N) is 1. The van der Waals surface area contributed by atoms with E-state index in [2.05, 4.69) is 5.43 Å². The highest BCUT2D eigenvalue weighted by molar-refractivity contribution is 7.93. The quantitative estimate of drug-likeness (QED) is 0.661. The molecule has 7 heteroatoms. The lowest BCUT2D eigenvalue weighted by Gasteiger charge is -2.21. The Labute approximate surface area is 123 Å². The summed E-state index contributed by atoms with van der Waals surface area (Å²) in [6.45, 7) is 0. The second-order valence-corrected chi connectivity index (χ2v) is 6.21. The summed E-state index contributed by atoms with van der Waals surface area (Å²) in [5, 5.41) is 8.77. The third kappa shape index (κ3) is 2.81. The van der Waals surface area contributed by atoms with Gasteiger partial charge in [0.1, 0.15) is 4.90 Å². The van der Waals surface area contributed by atoms with E-state index in [1.165, 1.54) is 13.1 Å². The first kappa shape index (κ1) is 14.8. The van der Waals surface area contributed by atoms with Crippen molar-refractivity contribution in [3.05, 3.63) is 54.1 Å². The summed E-state index contributed by atoms with van der Waals surface area (Å²) in [5.41, 5.74) is 3.62. The molecule has 2 rings (SSSR count). The summed E-state index contributed by atoms with van der Waals surface area (Å²) >= 11 is 0. The zero-order valence-electron chi connectivity index (χ0n) is 11.3. The topological polar surface area (TPSA) is 99.2 Å². The van der Waals surface area contributed by atoms with Crippen molar-refractivity contribution in [2.45, 2.75) is 4.90 Å². The molecule has 0 saturated heterocycles. The Hall–Kier alpha value is -2.56. The van der Waals surface area contributed by atoms with Gasteiger partial charge in [0.2, 0.25) is 0 Å². The van der Waals surface area contributed by atoms with Crippen LogP contribution in [0.1, 0.15) is 5.56 Å². The van der Waals surface area contributed by atoms with E-state index in [0.29, 0.717) is 16.9 Å². The van der Waals surface area contributed by atoms with E-state index in [9.17, 15) is 8.42 Å². The smallest absolute Gasteiger partial charge is 0.266 e. The molecule has 0 spiro atoms. The van der Waals surface area contributed by atoms with Gasteiger partial charge in [-0.1, -0.05) is 12.1 Å². The van der Waals surface area contributed by atoms with Gasteiger partial charge in [0.05, 0.1) is 23.0 Å². The summed E-state index contributed by atoms with van der Waals surface area (Å²) in [4.78, 5) is 0.0827. The standard InChI is InChI=1S/C14H14N4O2S/c1-18(12-8-6-11(10-15)7-9-12)21(19,20)14-5-3-2-4-13(14)17-16/h2-9,17H,16H2,1H3. The zero-order chi connectivity index (χ0) is 15.5. The largest absolute Gasteiger partial charge is 0.323 e. The highest BCUT2D eigenvalue weighted by Crippen LogP contribution is 2.26. The Bertz CT molecular complexity index is 779. The van der Waals surface area contributed by atoms with Gasteiger partial charge >= 0.3 is 0 Å². The van der Waals surface area contributed by atoms with Crippen LogP contribution in [0, 0.1) is 11.3 Å². The van der Waals surface area contributed by atoms with Gasteiger partial charge in [-0.25, -0.2) is 8.42 Å². The third-order valence-electron chi connectivity index (χ3n) is 3.04. The molecular weight excluding hydrogens is 288 g/mol. The average Bonchev–Trinajstić information content (AvgIpc) is 2.54. The minimum atomic E-state index is -3.75. The molecule has 0 aromatic heterocycles. The lowest BCUT2D eigenvalue weighted by Crippen LogP contribution is -2.27. The van der Waals surface area contributed by atoms with Crippen LogP contribution in [-0.2, 0) is 10.0 Å². The number of para-hydroxylation sites is 1.